The van der Waals surface area contributed by atoms with Gasteiger partial charge in [0.25, 0.3) is 0 Å². The molecule has 174 valence electrons. The van der Waals surface area contributed by atoms with Crippen molar-refractivity contribution in [2.24, 2.45) is 0 Å². The molecule has 1 saturated heterocycles. The smallest absolute Gasteiger partial charge is 0.419 e. The van der Waals surface area contributed by atoms with Crippen LogP contribution in [0.1, 0.15) is 23.6 Å². The molecule has 1 aliphatic rings. The van der Waals surface area contributed by atoms with E-state index in [-0.39, 0.29) is 36.6 Å². The first kappa shape index (κ1) is 24.0. The monoisotopic (exact) mass is 474 g/mol. The Kier molecular flexibility index (Phi) is 6.52. The first-order valence-electron chi connectivity index (χ1n) is 9.75. The zero-order chi connectivity index (χ0) is 23.8. The molecule has 2 aromatic carbocycles. The number of carboxylic acid groups (broad SMARTS) is 1. The van der Waals surface area contributed by atoms with Gasteiger partial charge in [0, 0.05) is 31.4 Å². The Morgan fingerprint density at radius 2 is 1.84 bits per heavy atom. The van der Waals surface area contributed by atoms with Gasteiger partial charge in [-0.3, -0.25) is 4.79 Å². The van der Waals surface area contributed by atoms with Crippen LogP contribution in [0.15, 0.2) is 41.3 Å². The van der Waals surface area contributed by atoms with Crippen LogP contribution in [0.2, 0.25) is 0 Å². The Morgan fingerprint density at radius 1 is 1.16 bits per heavy atom. The second-order valence-electron chi connectivity index (χ2n) is 7.79. The number of sulfonamides is 1. The fourth-order valence-corrected chi connectivity index (χ4v) is 5.51. The van der Waals surface area contributed by atoms with Gasteiger partial charge in [-0.15, -0.1) is 0 Å². The highest BCUT2D eigenvalue weighted by atomic mass is 32.2. The summed E-state index contributed by atoms with van der Waals surface area (Å²) in [6.45, 7) is 3.59. The van der Waals surface area contributed by atoms with Crippen molar-refractivity contribution >= 4 is 21.7 Å². The lowest BCUT2D eigenvalue weighted by Crippen LogP contribution is -2.53. The maximum Gasteiger partial charge on any atom is 0.419 e. The zero-order valence-electron chi connectivity index (χ0n) is 17.4. The van der Waals surface area contributed by atoms with Crippen LogP contribution in [0, 0.1) is 12.7 Å². The second-order valence-corrected chi connectivity index (χ2v) is 9.73. The van der Waals surface area contributed by atoms with Crippen molar-refractivity contribution in [2.45, 2.75) is 37.4 Å². The molecule has 1 heterocycles. The van der Waals surface area contributed by atoms with Crippen molar-refractivity contribution in [1.82, 2.24) is 4.31 Å². The lowest BCUT2D eigenvalue weighted by molar-refractivity contribution is -0.140. The van der Waals surface area contributed by atoms with Gasteiger partial charge in [0.05, 0.1) is 16.9 Å². The van der Waals surface area contributed by atoms with Crippen LogP contribution in [0.5, 0.6) is 0 Å². The fourth-order valence-electron chi connectivity index (χ4n) is 3.84. The predicted molar refractivity (Wildman–Crippen MR) is 109 cm³/mol. The lowest BCUT2D eigenvalue weighted by Gasteiger charge is -2.40. The highest BCUT2D eigenvalue weighted by molar-refractivity contribution is 7.89. The number of carboxylic acids is 1. The van der Waals surface area contributed by atoms with Gasteiger partial charge in [-0.25, -0.2) is 12.8 Å². The van der Waals surface area contributed by atoms with E-state index in [1.165, 1.54) is 22.5 Å². The molecule has 0 amide bonds. The Labute approximate surface area is 183 Å². The summed E-state index contributed by atoms with van der Waals surface area (Å²) in [5, 5.41) is 9.00. The molecule has 0 aliphatic carbocycles. The average molecular weight is 474 g/mol. The van der Waals surface area contributed by atoms with Crippen molar-refractivity contribution in [3.63, 3.8) is 0 Å². The molecule has 0 radical (unpaired) electrons. The maximum atomic E-state index is 14.0. The number of rotatable bonds is 5. The SMILES string of the molecule is Cc1cc(CC(=O)O)cc(S(=O)(=O)N2CCN(c3ccc(C(F)(F)F)c(F)c3)C(C)C2)c1. The number of anilines is 1. The summed E-state index contributed by atoms with van der Waals surface area (Å²) in [4.78, 5) is 12.6. The molecular formula is C21H22F4N2O4S. The molecule has 1 N–H and O–H groups in total. The number of alkyl halides is 3. The first-order valence-corrected chi connectivity index (χ1v) is 11.2. The van der Waals surface area contributed by atoms with E-state index in [0.717, 1.165) is 6.07 Å². The number of carbonyl (C=O) groups is 1. The van der Waals surface area contributed by atoms with Crippen LogP contribution in [0.4, 0.5) is 23.2 Å². The number of benzene rings is 2. The third-order valence-corrected chi connectivity index (χ3v) is 7.13. The minimum atomic E-state index is -4.80. The van der Waals surface area contributed by atoms with E-state index in [4.69, 9.17) is 5.11 Å². The third kappa shape index (κ3) is 5.04. The number of hydrogen-bond donors (Lipinski definition) is 1. The van der Waals surface area contributed by atoms with Gasteiger partial charge in [-0.2, -0.15) is 17.5 Å². The second kappa shape index (κ2) is 8.70. The standard InChI is InChI=1S/C21H22F4N2O4S/c1-13-7-15(10-20(28)29)9-17(8-13)32(30,31)26-5-6-27(14(2)12-26)16-3-4-18(19(22)11-16)21(23,24)25/h3-4,7-9,11,14H,5-6,10,12H2,1-2H3,(H,28,29). The molecule has 1 atom stereocenters. The maximum absolute atomic E-state index is 14.0. The molecule has 0 saturated carbocycles. The van der Waals surface area contributed by atoms with E-state index in [1.807, 2.05) is 0 Å². The summed E-state index contributed by atoms with van der Waals surface area (Å²) in [7, 11) is -3.92. The summed E-state index contributed by atoms with van der Waals surface area (Å²) in [6, 6.07) is 6.62. The zero-order valence-corrected chi connectivity index (χ0v) is 18.2. The van der Waals surface area contributed by atoms with E-state index in [9.17, 15) is 30.8 Å². The quantitative estimate of drug-likeness (QED) is 0.669. The Bertz CT molecular complexity index is 1140. The molecule has 3 rings (SSSR count). The van der Waals surface area contributed by atoms with Gasteiger partial charge in [0.1, 0.15) is 5.82 Å². The average Bonchev–Trinajstić information content (AvgIpc) is 2.65. The normalized spacial score (nSPS) is 18.1. The Balaban J connectivity index is 1.81. The van der Waals surface area contributed by atoms with Crippen LogP contribution in [0.3, 0.4) is 0 Å². The van der Waals surface area contributed by atoms with Gasteiger partial charge in [0.2, 0.25) is 10.0 Å². The van der Waals surface area contributed by atoms with Crippen molar-refractivity contribution in [3.8, 4) is 0 Å². The third-order valence-electron chi connectivity index (χ3n) is 5.28. The minimum absolute atomic E-state index is 0.0185. The van der Waals surface area contributed by atoms with E-state index < -0.39 is 39.6 Å². The largest absolute Gasteiger partial charge is 0.481 e. The molecular weight excluding hydrogens is 452 g/mol. The van der Waals surface area contributed by atoms with Crippen molar-refractivity contribution < 1.29 is 35.9 Å². The molecule has 2 aromatic rings. The van der Waals surface area contributed by atoms with Gasteiger partial charge < -0.3 is 10.0 Å². The van der Waals surface area contributed by atoms with E-state index >= 15 is 0 Å². The Morgan fingerprint density at radius 3 is 2.41 bits per heavy atom. The number of aryl methyl sites for hydroxylation is 1. The van der Waals surface area contributed by atoms with Gasteiger partial charge >= 0.3 is 12.1 Å². The van der Waals surface area contributed by atoms with Gasteiger partial charge in [0.15, 0.2) is 0 Å². The van der Waals surface area contributed by atoms with Crippen LogP contribution in [0.25, 0.3) is 0 Å². The molecule has 1 aliphatic heterocycles. The highest BCUT2D eigenvalue weighted by Gasteiger charge is 2.36. The molecule has 0 spiro atoms. The van der Waals surface area contributed by atoms with Crippen molar-refractivity contribution in [2.75, 3.05) is 24.5 Å². The van der Waals surface area contributed by atoms with Crippen molar-refractivity contribution in [3.05, 3.63) is 58.9 Å². The number of nitrogens with zero attached hydrogens (tertiary/aromatic N) is 2. The molecule has 0 bridgehead atoms. The topological polar surface area (TPSA) is 77.9 Å². The number of hydrogen-bond acceptors (Lipinski definition) is 4. The molecule has 11 heteroatoms. The molecule has 1 fully saturated rings. The fraction of sp³-hybridized carbons (Fsp3) is 0.381. The molecule has 0 aromatic heterocycles. The summed E-state index contributed by atoms with van der Waals surface area (Å²) in [5.41, 5.74) is -0.150. The minimum Gasteiger partial charge on any atom is -0.481 e. The summed E-state index contributed by atoms with van der Waals surface area (Å²) >= 11 is 0. The van der Waals surface area contributed by atoms with Crippen LogP contribution in [-0.4, -0.2) is 49.5 Å². The molecule has 1 unspecified atom stereocenters. The number of aliphatic carboxylic acids is 1. The van der Waals surface area contributed by atoms with Crippen LogP contribution >= 0.6 is 0 Å². The number of halogens is 4. The summed E-state index contributed by atoms with van der Waals surface area (Å²) in [6.07, 6.45) is -5.11. The van der Waals surface area contributed by atoms with E-state index in [2.05, 4.69) is 0 Å². The molecule has 6 nitrogen and oxygen atoms in total. The Hall–Kier alpha value is -2.66. The summed E-state index contributed by atoms with van der Waals surface area (Å²) < 4.78 is 80.0. The first-order chi connectivity index (χ1) is 14.8. The lowest BCUT2D eigenvalue weighted by atomic mass is 10.1. The van der Waals surface area contributed by atoms with E-state index in [0.29, 0.717) is 17.2 Å². The molecule has 32 heavy (non-hydrogen) atoms. The predicted octanol–water partition coefficient (Wildman–Crippen LogP) is 3.68. The van der Waals surface area contributed by atoms with Crippen LogP contribution < -0.4 is 4.90 Å². The van der Waals surface area contributed by atoms with E-state index in [1.54, 1.807) is 24.8 Å². The summed E-state index contributed by atoms with van der Waals surface area (Å²) in [5.74, 6) is -2.46. The highest BCUT2D eigenvalue weighted by Crippen LogP contribution is 2.34. The number of piperazine rings is 1. The van der Waals surface area contributed by atoms with Gasteiger partial charge in [-0.1, -0.05) is 6.07 Å². The van der Waals surface area contributed by atoms with Crippen molar-refractivity contribution in [1.29, 1.82) is 0 Å². The van der Waals surface area contributed by atoms with Crippen LogP contribution in [-0.2, 0) is 27.4 Å². The van der Waals surface area contributed by atoms with Gasteiger partial charge in [-0.05, 0) is 55.3 Å².